The molecule has 0 spiro atoms. The molecule has 1 amide bonds. The molecule has 0 heterocycles. The fourth-order valence-corrected chi connectivity index (χ4v) is 4.05. The van der Waals surface area contributed by atoms with Crippen molar-refractivity contribution in [2.75, 3.05) is 20.8 Å². The molecule has 0 bridgehead atoms. The Morgan fingerprint density at radius 2 is 1.89 bits per heavy atom. The van der Waals surface area contributed by atoms with Crippen molar-refractivity contribution >= 4 is 29.1 Å². The lowest BCUT2D eigenvalue weighted by molar-refractivity contribution is -0.136. The summed E-state index contributed by atoms with van der Waals surface area (Å²) >= 11 is 0. The molecule has 6 heteroatoms. The lowest BCUT2D eigenvalue weighted by atomic mass is 10.0. The molecule has 2 aromatic rings. The largest absolute Gasteiger partial charge is 0.496 e. The number of methoxy groups -OCH3 is 2. The first-order valence-corrected chi connectivity index (χ1v) is 9.74. The molecule has 1 saturated carbocycles. The number of amides is 1. The van der Waals surface area contributed by atoms with Gasteiger partial charge in [-0.05, 0) is 29.7 Å². The number of ether oxygens (including phenoxy) is 2. The van der Waals surface area contributed by atoms with Crippen molar-refractivity contribution in [3.63, 3.8) is 0 Å². The topological polar surface area (TPSA) is 64.8 Å². The van der Waals surface area contributed by atoms with Crippen LogP contribution in [-0.4, -0.2) is 43.7 Å². The SMILES string of the molecule is COc1ccc2ccccc2c1CN(C(=O)CC(CN)OC)C1CCCC1.Cl. The molecule has 0 aliphatic heterocycles. The number of hydrogen-bond donors (Lipinski definition) is 1. The summed E-state index contributed by atoms with van der Waals surface area (Å²) in [6.07, 6.45) is 4.53. The van der Waals surface area contributed by atoms with E-state index >= 15 is 0 Å². The number of halogens is 1. The molecule has 1 unspecified atom stereocenters. The molecule has 1 fully saturated rings. The Hall–Kier alpha value is -1.82. The smallest absolute Gasteiger partial charge is 0.225 e. The highest BCUT2D eigenvalue weighted by atomic mass is 35.5. The highest BCUT2D eigenvalue weighted by Gasteiger charge is 2.29. The van der Waals surface area contributed by atoms with Crippen LogP contribution < -0.4 is 10.5 Å². The molecule has 2 aromatic carbocycles. The number of carbonyl (C=O) groups is 1. The maximum atomic E-state index is 13.1. The molecule has 1 aliphatic rings. The summed E-state index contributed by atoms with van der Waals surface area (Å²) in [6.45, 7) is 0.896. The molecular formula is C22H31ClN2O3. The Morgan fingerprint density at radius 3 is 2.54 bits per heavy atom. The van der Waals surface area contributed by atoms with Crippen LogP contribution in [0.2, 0.25) is 0 Å². The van der Waals surface area contributed by atoms with Crippen molar-refractivity contribution in [3.05, 3.63) is 42.0 Å². The maximum Gasteiger partial charge on any atom is 0.225 e. The Balaban J connectivity index is 0.00000280. The molecule has 2 N–H and O–H groups in total. The number of hydrogen-bond acceptors (Lipinski definition) is 4. The number of carbonyl (C=O) groups excluding carboxylic acids is 1. The zero-order chi connectivity index (χ0) is 19.2. The van der Waals surface area contributed by atoms with Crippen LogP contribution >= 0.6 is 12.4 Å². The van der Waals surface area contributed by atoms with Crippen molar-refractivity contribution in [2.45, 2.75) is 50.8 Å². The quantitative estimate of drug-likeness (QED) is 0.721. The number of rotatable bonds is 8. The third-order valence-corrected chi connectivity index (χ3v) is 5.63. The minimum absolute atomic E-state index is 0. The van der Waals surface area contributed by atoms with E-state index in [2.05, 4.69) is 18.2 Å². The van der Waals surface area contributed by atoms with E-state index in [9.17, 15) is 4.79 Å². The third kappa shape index (κ3) is 4.96. The van der Waals surface area contributed by atoms with Crippen LogP contribution in [0.5, 0.6) is 5.75 Å². The fraction of sp³-hybridized carbons (Fsp3) is 0.500. The van der Waals surface area contributed by atoms with E-state index in [1.54, 1.807) is 14.2 Å². The van der Waals surface area contributed by atoms with Crippen molar-refractivity contribution in [1.29, 1.82) is 0 Å². The van der Waals surface area contributed by atoms with Gasteiger partial charge >= 0.3 is 0 Å². The first-order chi connectivity index (χ1) is 13.2. The minimum Gasteiger partial charge on any atom is -0.496 e. The summed E-state index contributed by atoms with van der Waals surface area (Å²) in [5, 5.41) is 2.29. The molecule has 0 radical (unpaired) electrons. The van der Waals surface area contributed by atoms with E-state index in [1.807, 2.05) is 23.1 Å². The van der Waals surface area contributed by atoms with E-state index in [0.717, 1.165) is 34.9 Å². The second kappa shape index (κ2) is 10.6. The van der Waals surface area contributed by atoms with Crippen molar-refractivity contribution in [3.8, 4) is 5.75 Å². The summed E-state index contributed by atoms with van der Waals surface area (Å²) in [5.41, 5.74) is 6.81. The molecule has 1 atom stereocenters. The van der Waals surface area contributed by atoms with E-state index in [4.69, 9.17) is 15.2 Å². The van der Waals surface area contributed by atoms with Crippen molar-refractivity contribution in [1.82, 2.24) is 4.90 Å². The van der Waals surface area contributed by atoms with Gasteiger partial charge in [-0.2, -0.15) is 0 Å². The Morgan fingerprint density at radius 1 is 1.18 bits per heavy atom. The first kappa shape index (κ1) is 22.5. The van der Waals surface area contributed by atoms with Gasteiger partial charge in [0.15, 0.2) is 0 Å². The van der Waals surface area contributed by atoms with Gasteiger partial charge in [-0.3, -0.25) is 4.79 Å². The highest BCUT2D eigenvalue weighted by molar-refractivity contribution is 5.88. The van der Waals surface area contributed by atoms with Gasteiger partial charge in [0.2, 0.25) is 5.91 Å². The second-order valence-electron chi connectivity index (χ2n) is 7.22. The first-order valence-electron chi connectivity index (χ1n) is 9.74. The molecule has 0 saturated heterocycles. The highest BCUT2D eigenvalue weighted by Crippen LogP contribution is 2.32. The molecule has 1 aliphatic carbocycles. The van der Waals surface area contributed by atoms with Crippen LogP contribution in [-0.2, 0) is 16.1 Å². The zero-order valence-electron chi connectivity index (χ0n) is 16.7. The Kier molecular flexibility index (Phi) is 8.55. The molecule has 0 aromatic heterocycles. The van der Waals surface area contributed by atoms with Crippen LogP contribution in [0.3, 0.4) is 0 Å². The van der Waals surface area contributed by atoms with Gasteiger partial charge in [-0.25, -0.2) is 0 Å². The Labute approximate surface area is 173 Å². The molecule has 5 nitrogen and oxygen atoms in total. The number of nitrogens with zero attached hydrogens (tertiary/aromatic N) is 1. The van der Waals surface area contributed by atoms with Gasteiger partial charge in [0.25, 0.3) is 0 Å². The van der Waals surface area contributed by atoms with Gasteiger partial charge in [0.05, 0.1) is 26.2 Å². The van der Waals surface area contributed by atoms with Crippen LogP contribution in [0.1, 0.15) is 37.7 Å². The van der Waals surface area contributed by atoms with Crippen molar-refractivity contribution < 1.29 is 14.3 Å². The molecule has 3 rings (SSSR count). The van der Waals surface area contributed by atoms with Crippen LogP contribution in [0, 0.1) is 0 Å². The average Bonchev–Trinajstić information content (AvgIpc) is 3.24. The zero-order valence-corrected chi connectivity index (χ0v) is 17.5. The average molecular weight is 407 g/mol. The van der Waals surface area contributed by atoms with E-state index in [-0.39, 0.29) is 30.5 Å². The molecule has 154 valence electrons. The Bertz CT molecular complexity index is 773. The van der Waals surface area contributed by atoms with E-state index in [1.165, 1.54) is 12.8 Å². The molecule has 28 heavy (non-hydrogen) atoms. The van der Waals surface area contributed by atoms with Gasteiger partial charge in [0, 0.05) is 25.3 Å². The number of fused-ring (bicyclic) bond motifs is 1. The minimum atomic E-state index is -0.240. The van der Waals surface area contributed by atoms with Crippen molar-refractivity contribution in [2.24, 2.45) is 5.73 Å². The summed E-state index contributed by atoms with van der Waals surface area (Å²) in [7, 11) is 3.29. The number of benzene rings is 2. The van der Waals surface area contributed by atoms with Crippen LogP contribution in [0.25, 0.3) is 10.8 Å². The lowest BCUT2D eigenvalue weighted by Crippen LogP contribution is -2.41. The predicted molar refractivity (Wildman–Crippen MR) is 115 cm³/mol. The fourth-order valence-electron chi connectivity index (χ4n) is 4.05. The summed E-state index contributed by atoms with van der Waals surface area (Å²) in [5.74, 6) is 0.931. The van der Waals surface area contributed by atoms with E-state index < -0.39 is 0 Å². The standard InChI is InChI=1S/C22H30N2O3.ClH/c1-26-18(14-23)13-22(25)24(17-8-4-5-9-17)15-20-19-10-6-3-7-16(19)11-12-21(20)27-2;/h3,6-7,10-12,17-18H,4-5,8-9,13-15,23H2,1-2H3;1H. The predicted octanol–water partition coefficient (Wildman–Crippen LogP) is 3.91. The summed E-state index contributed by atoms with van der Waals surface area (Å²) < 4.78 is 11.0. The van der Waals surface area contributed by atoms with Gasteiger partial charge in [-0.15, -0.1) is 12.4 Å². The second-order valence-corrected chi connectivity index (χ2v) is 7.22. The van der Waals surface area contributed by atoms with Crippen LogP contribution in [0.4, 0.5) is 0 Å². The maximum absolute atomic E-state index is 13.1. The monoisotopic (exact) mass is 406 g/mol. The summed E-state index contributed by atoms with van der Waals surface area (Å²) in [6, 6.07) is 12.6. The lowest BCUT2D eigenvalue weighted by Gasteiger charge is -2.31. The van der Waals surface area contributed by atoms with E-state index in [0.29, 0.717) is 19.5 Å². The van der Waals surface area contributed by atoms with Gasteiger partial charge in [-0.1, -0.05) is 43.2 Å². The van der Waals surface area contributed by atoms with Crippen LogP contribution in [0.15, 0.2) is 36.4 Å². The summed E-state index contributed by atoms with van der Waals surface area (Å²) in [4.78, 5) is 15.2. The normalized spacial score (nSPS) is 15.2. The number of nitrogens with two attached hydrogens (primary N) is 1. The molecular weight excluding hydrogens is 376 g/mol. The third-order valence-electron chi connectivity index (χ3n) is 5.63. The van der Waals surface area contributed by atoms with Gasteiger partial charge < -0.3 is 20.1 Å². The van der Waals surface area contributed by atoms with Gasteiger partial charge in [0.1, 0.15) is 5.75 Å².